The Labute approximate surface area is 631 Å². The van der Waals surface area contributed by atoms with Crippen LogP contribution in [0.1, 0.15) is 148 Å². The standard InChI is InChI=1S/C16H20N2O2.C15H18N2O2.2C14H16N2O2.C13H14N2O2.C12H12N2O2/c1-3-13-9-19-15(17-13)11-6-5-7-12(8-11)16-18-14(4-2)10-20-16;1-3-13-9-19-15(17-13)12-6-4-5-11(7-12)14-16-10(2)8-18-14;1-9-7-17-13(15-9)11-4-3-5-12(6-11)14-16-10(2)8-18-14;1-2-12-9-18-14(16-12)11-5-3-4-10(8-11)13-15-6-7-17-13;1-9-8-17-13(15-9)11-4-2-3-10(7-11)12-14-5-6-16-12;1-2-9(11-13-4-6-15-11)8-10(3-1)12-14-5-7-16-12/h5-8,13-14H,3-4,9-10H2,1-2H3;4-7,10,13H,3,8-9H2,1-2H3;3-6,9-10H,7-8H2,1-2H3;3-5,8,12H,2,6-7,9H2,1H3;2-4,7,9H,5-6,8H2,1H3;1-3,8H,4-7H2. The fourth-order valence-corrected chi connectivity index (χ4v) is 12.4. The van der Waals surface area contributed by atoms with E-state index in [1.807, 2.05) is 173 Å². The van der Waals surface area contributed by atoms with E-state index in [-0.39, 0.29) is 36.3 Å². The third-order valence-electron chi connectivity index (χ3n) is 18.4. The van der Waals surface area contributed by atoms with Crippen LogP contribution in [0.3, 0.4) is 0 Å². The predicted octanol–water partition coefficient (Wildman–Crippen LogP) is 12.1. The van der Waals surface area contributed by atoms with Gasteiger partial charge in [-0.15, -0.1) is 0 Å². The van der Waals surface area contributed by atoms with Crippen LogP contribution in [0.25, 0.3) is 0 Å². The number of benzene rings is 6. The lowest BCUT2D eigenvalue weighted by Gasteiger charge is -2.05. The lowest BCUT2D eigenvalue weighted by Crippen LogP contribution is -2.06. The Morgan fingerprint density at radius 1 is 0.222 bits per heavy atom. The summed E-state index contributed by atoms with van der Waals surface area (Å²) in [4.78, 5) is 53.3. The molecular formula is C84H96N12O12. The van der Waals surface area contributed by atoms with Gasteiger partial charge in [0, 0.05) is 66.8 Å². The molecule has 564 valence electrons. The summed E-state index contributed by atoms with van der Waals surface area (Å²) in [6.07, 6.45) is 4.05. The van der Waals surface area contributed by atoms with Crippen molar-refractivity contribution in [3.8, 4) is 0 Å². The molecule has 0 bridgehead atoms. The third-order valence-corrected chi connectivity index (χ3v) is 18.4. The SMILES string of the molecule is CC1COC(c2cccc(C3=NC(C)CO3)c2)=N1.CC1COC(c2cccc(C3=NCCO3)c2)=N1.CCC1COC(c2cccc(C3=NC(C)CO3)c2)=N1.CCC1COC(c2cccc(C3=NC(CC)CO3)c2)=N1.CCC1COC(c2cccc(C3=NCCO3)c2)=N1.c1cc(C2=NCCO2)cc(C2=NCCO2)c1. The van der Waals surface area contributed by atoms with Crippen LogP contribution in [0.5, 0.6) is 0 Å². The molecule has 8 atom stereocenters. The van der Waals surface area contributed by atoms with E-state index in [0.29, 0.717) is 91.4 Å². The summed E-state index contributed by atoms with van der Waals surface area (Å²) in [6.45, 7) is 27.8. The first kappa shape index (κ1) is 75.2. The molecule has 0 fully saturated rings. The first-order valence-corrected chi connectivity index (χ1v) is 37.9. The molecule has 0 aliphatic carbocycles. The topological polar surface area (TPSA) is 259 Å². The smallest absolute Gasteiger partial charge is 0.216 e. The van der Waals surface area contributed by atoms with Gasteiger partial charge in [0.1, 0.15) is 79.3 Å². The fourth-order valence-electron chi connectivity index (χ4n) is 12.4. The van der Waals surface area contributed by atoms with Crippen molar-refractivity contribution in [1.29, 1.82) is 0 Å². The van der Waals surface area contributed by atoms with E-state index in [0.717, 1.165) is 189 Å². The van der Waals surface area contributed by atoms with Crippen molar-refractivity contribution < 1.29 is 56.8 Å². The molecule has 0 aromatic heterocycles. The van der Waals surface area contributed by atoms with Crippen LogP contribution in [-0.4, -0.2) is 225 Å². The van der Waals surface area contributed by atoms with Crippen LogP contribution in [0.15, 0.2) is 206 Å². The quantitative estimate of drug-likeness (QED) is 0.0876. The molecule has 0 radical (unpaired) electrons. The summed E-state index contributed by atoms with van der Waals surface area (Å²) >= 11 is 0. The molecule has 6 aromatic rings. The predicted molar refractivity (Wildman–Crippen MR) is 422 cm³/mol. The van der Waals surface area contributed by atoms with E-state index < -0.39 is 0 Å². The van der Waals surface area contributed by atoms with Gasteiger partial charge in [0.05, 0.1) is 74.5 Å². The molecule has 12 aliphatic rings. The van der Waals surface area contributed by atoms with Crippen LogP contribution >= 0.6 is 0 Å². The zero-order valence-electron chi connectivity index (χ0n) is 62.9. The minimum atomic E-state index is 0.239. The van der Waals surface area contributed by atoms with Crippen LogP contribution in [-0.2, 0) is 56.8 Å². The van der Waals surface area contributed by atoms with E-state index in [1.54, 1.807) is 0 Å². The van der Waals surface area contributed by atoms with Gasteiger partial charge in [-0.05, 0) is 163 Å². The average Bonchev–Trinajstić information content (AvgIpc) is 1.65. The van der Waals surface area contributed by atoms with Crippen LogP contribution in [0.2, 0.25) is 0 Å². The molecule has 18 rings (SSSR count). The molecular weight excluding hydrogens is 1370 g/mol. The van der Waals surface area contributed by atoms with E-state index in [9.17, 15) is 0 Å². The van der Waals surface area contributed by atoms with Gasteiger partial charge >= 0.3 is 0 Å². The normalized spacial score (nSPS) is 23.6. The number of rotatable bonds is 16. The van der Waals surface area contributed by atoms with Crippen molar-refractivity contribution in [3.05, 3.63) is 212 Å². The molecule has 24 heteroatoms. The summed E-state index contributed by atoms with van der Waals surface area (Å²) in [5.74, 6) is 8.73. The second-order valence-electron chi connectivity index (χ2n) is 27.2. The van der Waals surface area contributed by atoms with Crippen molar-refractivity contribution in [2.45, 2.75) is 129 Å². The Hall–Kier alpha value is -11.0. The minimum Gasteiger partial charge on any atom is -0.476 e. The molecule has 0 saturated heterocycles. The molecule has 12 aliphatic heterocycles. The molecule has 24 nitrogen and oxygen atoms in total. The Bertz CT molecular complexity index is 4410. The molecule has 108 heavy (non-hydrogen) atoms. The average molecular weight is 1470 g/mol. The van der Waals surface area contributed by atoms with Crippen molar-refractivity contribution in [2.75, 3.05) is 105 Å². The lowest BCUT2D eigenvalue weighted by atomic mass is 10.1. The molecule has 8 unspecified atom stereocenters. The maximum atomic E-state index is 5.67. The van der Waals surface area contributed by atoms with E-state index in [1.165, 1.54) is 0 Å². The molecule has 0 N–H and O–H groups in total. The van der Waals surface area contributed by atoms with Crippen LogP contribution in [0.4, 0.5) is 0 Å². The van der Waals surface area contributed by atoms with Gasteiger partial charge in [-0.25, -0.2) is 59.9 Å². The maximum Gasteiger partial charge on any atom is 0.216 e. The highest BCUT2D eigenvalue weighted by Crippen LogP contribution is 2.25. The van der Waals surface area contributed by atoms with Gasteiger partial charge in [0.2, 0.25) is 70.8 Å². The Morgan fingerprint density at radius 2 is 0.389 bits per heavy atom. The van der Waals surface area contributed by atoms with Gasteiger partial charge in [0.25, 0.3) is 0 Å². The molecule has 6 aromatic carbocycles. The third kappa shape index (κ3) is 20.0. The monoisotopic (exact) mass is 1460 g/mol. The second-order valence-corrected chi connectivity index (χ2v) is 27.2. The largest absolute Gasteiger partial charge is 0.476 e. The fraction of sp³-hybridized carbons (Fsp3) is 0.429. The van der Waals surface area contributed by atoms with E-state index in [4.69, 9.17) is 56.8 Å². The molecule has 0 spiro atoms. The van der Waals surface area contributed by atoms with Crippen LogP contribution < -0.4 is 0 Å². The van der Waals surface area contributed by atoms with Crippen molar-refractivity contribution in [2.24, 2.45) is 59.9 Å². The number of hydrogen-bond acceptors (Lipinski definition) is 24. The highest BCUT2D eigenvalue weighted by molar-refractivity contribution is 6.05. The van der Waals surface area contributed by atoms with Crippen molar-refractivity contribution >= 4 is 70.8 Å². The Morgan fingerprint density at radius 3 is 0.528 bits per heavy atom. The highest BCUT2D eigenvalue weighted by atomic mass is 16.5. The molecule has 12 heterocycles. The summed E-state index contributed by atoms with van der Waals surface area (Å²) in [5.41, 5.74) is 11.9. The summed E-state index contributed by atoms with van der Waals surface area (Å²) in [6, 6.07) is 50.2. The van der Waals surface area contributed by atoms with E-state index >= 15 is 0 Å². The Kier molecular flexibility index (Phi) is 25.8. The first-order chi connectivity index (χ1) is 52.9. The van der Waals surface area contributed by atoms with Gasteiger partial charge in [-0.3, -0.25) is 0 Å². The summed E-state index contributed by atoms with van der Waals surface area (Å²) < 4.78 is 66.6. The Balaban J connectivity index is 0.000000114. The van der Waals surface area contributed by atoms with Crippen molar-refractivity contribution in [1.82, 2.24) is 0 Å². The lowest BCUT2D eigenvalue weighted by molar-refractivity contribution is 0.314. The van der Waals surface area contributed by atoms with Gasteiger partial charge in [0.15, 0.2) is 0 Å². The number of ether oxygens (including phenoxy) is 12. The maximum absolute atomic E-state index is 5.67. The van der Waals surface area contributed by atoms with Gasteiger partial charge in [-0.1, -0.05) is 64.1 Å². The summed E-state index contributed by atoms with van der Waals surface area (Å²) in [5, 5.41) is 0. The van der Waals surface area contributed by atoms with Crippen molar-refractivity contribution in [3.63, 3.8) is 0 Å². The molecule has 0 saturated carbocycles. The zero-order chi connectivity index (χ0) is 74.6. The summed E-state index contributed by atoms with van der Waals surface area (Å²) in [7, 11) is 0. The first-order valence-electron chi connectivity index (χ1n) is 37.9. The number of aliphatic imine (C=N–C) groups is 12. The van der Waals surface area contributed by atoms with Gasteiger partial charge < -0.3 is 56.8 Å². The van der Waals surface area contributed by atoms with E-state index in [2.05, 4.69) is 87.6 Å². The van der Waals surface area contributed by atoms with Crippen LogP contribution in [0, 0.1) is 0 Å². The minimum absolute atomic E-state index is 0.239. The number of nitrogens with zero attached hydrogens (tertiary/aromatic N) is 12. The number of hydrogen-bond donors (Lipinski definition) is 0. The van der Waals surface area contributed by atoms with Gasteiger partial charge in [-0.2, -0.15) is 0 Å². The zero-order valence-corrected chi connectivity index (χ0v) is 62.9. The highest BCUT2D eigenvalue weighted by Gasteiger charge is 2.27. The molecule has 0 amide bonds. The second kappa shape index (κ2) is 37.0.